The van der Waals surface area contributed by atoms with Crippen LogP contribution < -0.4 is 10.7 Å². The summed E-state index contributed by atoms with van der Waals surface area (Å²) in [4.78, 5) is 13.4. The second-order valence-electron chi connectivity index (χ2n) is 8.06. The minimum absolute atomic E-state index is 0.208. The maximum atomic E-state index is 5.05. The number of para-hydroxylation sites is 1. The van der Waals surface area contributed by atoms with Crippen molar-refractivity contribution in [2.75, 3.05) is 13.1 Å². The van der Waals surface area contributed by atoms with E-state index in [1.807, 2.05) is 0 Å². The SMILES string of the molecule is CC1(C)[C@H]2CC[C@]1(C)C1=NCCN=c3[nH]c4ccccc4/c3=C/12. The van der Waals surface area contributed by atoms with Crippen molar-refractivity contribution in [2.24, 2.45) is 26.7 Å². The Bertz CT molecular complexity index is 976. The second-order valence-corrected chi connectivity index (χ2v) is 8.06. The van der Waals surface area contributed by atoms with E-state index in [1.165, 1.54) is 40.2 Å². The van der Waals surface area contributed by atoms with Crippen LogP contribution in [0.4, 0.5) is 0 Å². The molecular formula is C20H23N3. The first-order valence-electron chi connectivity index (χ1n) is 8.75. The van der Waals surface area contributed by atoms with Crippen LogP contribution >= 0.6 is 0 Å². The fourth-order valence-electron chi connectivity index (χ4n) is 5.29. The number of nitrogens with one attached hydrogen (secondary N) is 1. The van der Waals surface area contributed by atoms with Crippen LogP contribution in [0.25, 0.3) is 16.5 Å². The van der Waals surface area contributed by atoms with Crippen LogP contribution in [0.15, 0.2) is 34.3 Å². The third-order valence-electron chi connectivity index (χ3n) is 6.95. The van der Waals surface area contributed by atoms with Crippen molar-refractivity contribution >= 4 is 22.2 Å². The minimum Gasteiger partial charge on any atom is -0.339 e. The number of benzene rings is 1. The molecule has 5 rings (SSSR count). The Morgan fingerprint density at radius 2 is 1.87 bits per heavy atom. The molecule has 1 aromatic heterocycles. The lowest BCUT2D eigenvalue weighted by molar-refractivity contribution is 0.206. The summed E-state index contributed by atoms with van der Waals surface area (Å²) in [6, 6.07) is 8.62. The van der Waals surface area contributed by atoms with Gasteiger partial charge >= 0.3 is 0 Å². The molecule has 118 valence electrons. The standard InChI is InChI=1S/C20H23N3/c1-19(2)13-8-9-20(19,3)17-16(13)15-12-6-4-5-7-14(12)23-18(15)22-11-10-21-17/h4-7,13H,8-11H2,1-3H3,(H,22,23)/b16-15-,21-17?/t13-,20+/m0/s1. The number of rotatable bonds is 0. The van der Waals surface area contributed by atoms with Crippen LogP contribution in [0.3, 0.4) is 0 Å². The average molecular weight is 305 g/mol. The molecule has 3 aliphatic rings. The molecule has 0 amide bonds. The Hall–Kier alpha value is -1.90. The zero-order valence-electron chi connectivity index (χ0n) is 14.1. The summed E-state index contributed by atoms with van der Waals surface area (Å²) in [6.07, 6.45) is 2.54. The van der Waals surface area contributed by atoms with E-state index in [9.17, 15) is 0 Å². The largest absolute Gasteiger partial charge is 0.339 e. The Morgan fingerprint density at radius 3 is 2.74 bits per heavy atom. The van der Waals surface area contributed by atoms with Gasteiger partial charge in [-0.25, -0.2) is 0 Å². The van der Waals surface area contributed by atoms with E-state index in [0.717, 1.165) is 18.6 Å². The van der Waals surface area contributed by atoms with E-state index in [1.54, 1.807) is 0 Å². The maximum Gasteiger partial charge on any atom is 0.133 e. The van der Waals surface area contributed by atoms with Gasteiger partial charge in [0, 0.05) is 27.2 Å². The molecule has 2 heterocycles. The van der Waals surface area contributed by atoms with Crippen LogP contribution in [0, 0.1) is 16.7 Å². The topological polar surface area (TPSA) is 40.5 Å². The Labute approximate surface area is 136 Å². The highest BCUT2D eigenvalue weighted by Crippen LogP contribution is 2.66. The molecule has 2 atom stereocenters. The van der Waals surface area contributed by atoms with E-state index in [0.29, 0.717) is 5.92 Å². The van der Waals surface area contributed by atoms with Crippen molar-refractivity contribution in [1.29, 1.82) is 0 Å². The minimum atomic E-state index is 0.208. The molecule has 0 spiro atoms. The van der Waals surface area contributed by atoms with Gasteiger partial charge in [-0.15, -0.1) is 0 Å². The molecule has 0 radical (unpaired) electrons. The normalized spacial score (nSPS) is 33.5. The van der Waals surface area contributed by atoms with Crippen LogP contribution in [-0.2, 0) is 0 Å². The predicted octanol–water partition coefficient (Wildman–Crippen LogP) is 2.85. The number of nitrogens with zero attached hydrogens (tertiary/aromatic N) is 2. The van der Waals surface area contributed by atoms with Crippen molar-refractivity contribution in [2.45, 2.75) is 33.6 Å². The van der Waals surface area contributed by atoms with Gasteiger partial charge in [0.05, 0.1) is 13.1 Å². The molecule has 23 heavy (non-hydrogen) atoms. The summed E-state index contributed by atoms with van der Waals surface area (Å²) in [5, 5.41) is 2.64. The van der Waals surface area contributed by atoms with Gasteiger partial charge in [0.1, 0.15) is 5.49 Å². The summed E-state index contributed by atoms with van der Waals surface area (Å²) in [5.74, 6) is 0.595. The van der Waals surface area contributed by atoms with Crippen molar-refractivity contribution in [1.82, 2.24) is 4.98 Å². The molecule has 1 N–H and O–H groups in total. The highest BCUT2D eigenvalue weighted by Gasteiger charge is 2.62. The Morgan fingerprint density at radius 1 is 1.09 bits per heavy atom. The average Bonchev–Trinajstić information content (AvgIpc) is 3.02. The summed E-state index contributed by atoms with van der Waals surface area (Å²) in [6.45, 7) is 8.91. The lowest BCUT2D eigenvalue weighted by Gasteiger charge is -2.34. The third-order valence-corrected chi connectivity index (χ3v) is 6.95. The molecular weight excluding hydrogens is 282 g/mol. The molecule has 2 saturated carbocycles. The number of hydrogen-bond donors (Lipinski definition) is 1. The Balaban J connectivity index is 2.02. The van der Waals surface area contributed by atoms with E-state index >= 15 is 0 Å². The van der Waals surface area contributed by atoms with Gasteiger partial charge in [-0.2, -0.15) is 0 Å². The van der Waals surface area contributed by atoms with Crippen molar-refractivity contribution < 1.29 is 0 Å². The van der Waals surface area contributed by atoms with Gasteiger partial charge in [-0.1, -0.05) is 39.0 Å². The van der Waals surface area contributed by atoms with Crippen molar-refractivity contribution in [3.05, 3.63) is 35.0 Å². The van der Waals surface area contributed by atoms with Crippen LogP contribution in [-0.4, -0.2) is 23.8 Å². The summed E-state index contributed by atoms with van der Waals surface area (Å²) >= 11 is 0. The van der Waals surface area contributed by atoms with Crippen LogP contribution in [0.5, 0.6) is 0 Å². The molecule has 1 aliphatic heterocycles. The highest BCUT2D eigenvalue weighted by molar-refractivity contribution is 6.26. The first-order valence-corrected chi connectivity index (χ1v) is 8.75. The number of H-pyrrole nitrogens is 1. The smallest absolute Gasteiger partial charge is 0.133 e. The predicted molar refractivity (Wildman–Crippen MR) is 94.3 cm³/mol. The molecule has 2 bridgehead atoms. The van der Waals surface area contributed by atoms with Gasteiger partial charge < -0.3 is 4.98 Å². The van der Waals surface area contributed by atoms with Crippen LogP contribution in [0.1, 0.15) is 33.6 Å². The monoisotopic (exact) mass is 305 g/mol. The molecule has 3 nitrogen and oxygen atoms in total. The lowest BCUT2D eigenvalue weighted by Crippen LogP contribution is -2.36. The fraction of sp³-hybridized carbons (Fsp3) is 0.500. The Kier molecular flexibility index (Phi) is 2.43. The van der Waals surface area contributed by atoms with Crippen molar-refractivity contribution in [3.63, 3.8) is 0 Å². The fourth-order valence-corrected chi connectivity index (χ4v) is 5.29. The maximum absolute atomic E-state index is 5.05. The summed E-state index contributed by atoms with van der Waals surface area (Å²) in [7, 11) is 0. The summed E-state index contributed by atoms with van der Waals surface area (Å²) in [5.41, 5.74) is 5.61. The summed E-state index contributed by atoms with van der Waals surface area (Å²) < 4.78 is 0. The number of aliphatic imine (C=N–C) groups is 1. The van der Waals surface area contributed by atoms with Gasteiger partial charge in [-0.3, -0.25) is 9.98 Å². The van der Waals surface area contributed by atoms with Gasteiger partial charge in [0.2, 0.25) is 0 Å². The molecule has 2 aliphatic carbocycles. The van der Waals surface area contributed by atoms with Gasteiger partial charge in [0.15, 0.2) is 0 Å². The number of aromatic amines is 1. The second kappa shape index (κ2) is 4.14. The molecule has 0 saturated heterocycles. The van der Waals surface area contributed by atoms with E-state index in [-0.39, 0.29) is 10.8 Å². The zero-order valence-corrected chi connectivity index (χ0v) is 14.1. The quantitative estimate of drug-likeness (QED) is 0.777. The molecule has 2 aromatic rings. The van der Waals surface area contributed by atoms with E-state index < -0.39 is 0 Å². The first kappa shape index (κ1) is 13.5. The molecule has 0 unspecified atom stereocenters. The zero-order chi connectivity index (χ0) is 15.8. The highest BCUT2D eigenvalue weighted by atomic mass is 14.9. The van der Waals surface area contributed by atoms with Gasteiger partial charge in [-0.05, 0) is 35.8 Å². The third kappa shape index (κ3) is 1.46. The van der Waals surface area contributed by atoms with Crippen LogP contribution in [0.2, 0.25) is 0 Å². The lowest BCUT2D eigenvalue weighted by atomic mass is 9.70. The number of fused-ring (bicyclic) bond motifs is 8. The molecule has 1 aromatic carbocycles. The molecule has 2 fully saturated rings. The van der Waals surface area contributed by atoms with E-state index in [2.05, 4.69) is 50.0 Å². The number of aromatic nitrogens is 1. The van der Waals surface area contributed by atoms with E-state index in [4.69, 9.17) is 9.98 Å². The van der Waals surface area contributed by atoms with Crippen molar-refractivity contribution in [3.8, 4) is 0 Å². The van der Waals surface area contributed by atoms with Gasteiger partial charge in [0.25, 0.3) is 0 Å². The number of hydrogen-bond acceptors (Lipinski definition) is 2. The first-order chi connectivity index (χ1) is 11.0. The molecule has 3 heteroatoms.